The molecule has 198 valence electrons. The van der Waals surface area contributed by atoms with Gasteiger partial charge in [0, 0.05) is 0 Å². The van der Waals surface area contributed by atoms with Crippen molar-refractivity contribution in [2.45, 2.75) is 51.0 Å². The normalized spacial score (nSPS) is 20.3. The third-order valence-corrected chi connectivity index (χ3v) is 8.06. The Labute approximate surface area is 224 Å². The van der Waals surface area contributed by atoms with Crippen molar-refractivity contribution < 1.29 is 38.1 Å². The standard InChI is InChI=1S/C31H26O8/c1-31(2,17-3-7-19(8-4-17)36-21-11-13-23-25(15-21)29(34)38-27(23)32)18-5-9-20(10-6-18)37-22-12-14-24-26(16-22)30(35)39-28(24)33/h3-4,7-8,11-16,18,20H,5-6,9-10H2,1-2H3. The van der Waals surface area contributed by atoms with Gasteiger partial charge in [-0.3, -0.25) is 0 Å². The molecule has 1 aliphatic carbocycles. The van der Waals surface area contributed by atoms with E-state index >= 15 is 0 Å². The highest BCUT2D eigenvalue weighted by Crippen LogP contribution is 2.42. The van der Waals surface area contributed by atoms with Crippen LogP contribution in [0, 0.1) is 5.92 Å². The molecule has 0 amide bonds. The van der Waals surface area contributed by atoms with Crippen molar-refractivity contribution >= 4 is 23.9 Å². The van der Waals surface area contributed by atoms with E-state index in [9.17, 15) is 19.2 Å². The Morgan fingerprint density at radius 3 is 1.69 bits per heavy atom. The molecule has 0 aromatic heterocycles. The number of esters is 4. The molecule has 8 nitrogen and oxygen atoms in total. The van der Waals surface area contributed by atoms with E-state index in [4.69, 9.17) is 9.47 Å². The van der Waals surface area contributed by atoms with E-state index in [1.54, 1.807) is 24.3 Å². The van der Waals surface area contributed by atoms with Gasteiger partial charge in [0.1, 0.15) is 17.2 Å². The Balaban J connectivity index is 1.07. The van der Waals surface area contributed by atoms with Gasteiger partial charge in [-0.15, -0.1) is 0 Å². The molecule has 8 heteroatoms. The third-order valence-electron chi connectivity index (χ3n) is 8.06. The van der Waals surface area contributed by atoms with Gasteiger partial charge in [-0.25, -0.2) is 19.2 Å². The maximum atomic E-state index is 11.8. The first-order chi connectivity index (χ1) is 18.7. The molecule has 1 saturated carbocycles. The minimum absolute atomic E-state index is 0.0406. The molecule has 3 aromatic rings. The first-order valence-electron chi connectivity index (χ1n) is 13.0. The van der Waals surface area contributed by atoms with Gasteiger partial charge in [-0.05, 0) is 91.1 Å². The molecule has 0 N–H and O–H groups in total. The second kappa shape index (κ2) is 9.38. The van der Waals surface area contributed by atoms with Crippen molar-refractivity contribution in [3.8, 4) is 17.2 Å². The molecular weight excluding hydrogens is 500 g/mol. The molecule has 3 aliphatic rings. The van der Waals surface area contributed by atoms with E-state index < -0.39 is 23.9 Å². The average Bonchev–Trinajstić information content (AvgIpc) is 3.37. The molecule has 0 spiro atoms. The molecule has 0 radical (unpaired) electrons. The topological polar surface area (TPSA) is 105 Å². The number of hydrogen-bond donors (Lipinski definition) is 0. The lowest BCUT2D eigenvalue weighted by Crippen LogP contribution is -2.35. The van der Waals surface area contributed by atoms with Gasteiger partial charge < -0.3 is 18.9 Å². The summed E-state index contributed by atoms with van der Waals surface area (Å²) >= 11 is 0. The first kappa shape index (κ1) is 24.9. The first-order valence-corrected chi connectivity index (χ1v) is 13.0. The van der Waals surface area contributed by atoms with Gasteiger partial charge in [0.25, 0.3) is 0 Å². The lowest BCUT2D eigenvalue weighted by atomic mass is 9.67. The van der Waals surface area contributed by atoms with Crippen LogP contribution in [0.1, 0.15) is 86.5 Å². The summed E-state index contributed by atoms with van der Waals surface area (Å²) in [5.74, 6) is -0.427. The molecule has 0 atom stereocenters. The number of fused-ring (bicyclic) bond motifs is 2. The van der Waals surface area contributed by atoms with Crippen molar-refractivity contribution in [1.82, 2.24) is 0 Å². The van der Waals surface area contributed by atoms with Gasteiger partial charge >= 0.3 is 23.9 Å². The number of rotatable bonds is 6. The maximum Gasteiger partial charge on any atom is 0.347 e. The van der Waals surface area contributed by atoms with E-state index in [-0.39, 0.29) is 33.8 Å². The fraction of sp³-hybridized carbons (Fsp3) is 0.290. The zero-order valence-corrected chi connectivity index (χ0v) is 21.5. The number of carbonyl (C=O) groups is 4. The number of carbonyl (C=O) groups excluding carboxylic acids is 4. The minimum Gasteiger partial charge on any atom is -0.490 e. The van der Waals surface area contributed by atoms with Crippen molar-refractivity contribution in [3.63, 3.8) is 0 Å². The van der Waals surface area contributed by atoms with Crippen LogP contribution < -0.4 is 9.47 Å². The lowest BCUT2D eigenvalue weighted by molar-refractivity contribution is 0.0425. The zero-order valence-electron chi connectivity index (χ0n) is 21.5. The molecule has 0 unspecified atom stereocenters. The quantitative estimate of drug-likeness (QED) is 0.284. The Bertz CT molecular complexity index is 1510. The molecule has 2 heterocycles. The fourth-order valence-electron chi connectivity index (χ4n) is 5.68. The van der Waals surface area contributed by atoms with Gasteiger partial charge in [0.2, 0.25) is 0 Å². The van der Waals surface area contributed by atoms with Crippen molar-refractivity contribution in [1.29, 1.82) is 0 Å². The molecule has 1 fully saturated rings. The van der Waals surface area contributed by atoms with Crippen molar-refractivity contribution in [2.24, 2.45) is 5.92 Å². The summed E-state index contributed by atoms with van der Waals surface area (Å²) in [4.78, 5) is 47.0. The molecule has 0 saturated heterocycles. The summed E-state index contributed by atoms with van der Waals surface area (Å²) in [6.45, 7) is 4.50. The molecule has 0 bridgehead atoms. The summed E-state index contributed by atoms with van der Waals surface area (Å²) in [5.41, 5.74) is 2.13. The van der Waals surface area contributed by atoms with Crippen molar-refractivity contribution in [2.75, 3.05) is 0 Å². The van der Waals surface area contributed by atoms with E-state index in [0.717, 1.165) is 25.7 Å². The monoisotopic (exact) mass is 526 g/mol. The van der Waals surface area contributed by atoms with E-state index in [1.807, 2.05) is 12.1 Å². The highest BCUT2D eigenvalue weighted by molar-refractivity contribution is 6.15. The van der Waals surface area contributed by atoms with Crippen LogP contribution in [0.2, 0.25) is 0 Å². The third kappa shape index (κ3) is 4.56. The van der Waals surface area contributed by atoms with E-state index in [2.05, 4.69) is 35.5 Å². The van der Waals surface area contributed by atoms with Crippen LogP contribution in [0.5, 0.6) is 17.2 Å². The average molecular weight is 527 g/mol. The number of benzene rings is 3. The van der Waals surface area contributed by atoms with E-state index in [1.165, 1.54) is 17.7 Å². The number of ether oxygens (including phenoxy) is 4. The zero-order chi connectivity index (χ0) is 27.3. The Morgan fingerprint density at radius 2 is 1.10 bits per heavy atom. The van der Waals surface area contributed by atoms with Gasteiger partial charge in [-0.2, -0.15) is 0 Å². The van der Waals surface area contributed by atoms with Crippen LogP contribution in [-0.4, -0.2) is 30.0 Å². The van der Waals surface area contributed by atoms with Gasteiger partial charge in [0.15, 0.2) is 0 Å². The second-order valence-corrected chi connectivity index (χ2v) is 10.7. The Hall–Kier alpha value is -4.46. The van der Waals surface area contributed by atoms with Crippen LogP contribution in [-0.2, 0) is 14.9 Å². The van der Waals surface area contributed by atoms with Crippen molar-refractivity contribution in [3.05, 3.63) is 88.5 Å². The molecule has 39 heavy (non-hydrogen) atoms. The van der Waals surface area contributed by atoms with E-state index in [0.29, 0.717) is 23.2 Å². The summed E-state index contributed by atoms with van der Waals surface area (Å²) < 4.78 is 21.4. The highest BCUT2D eigenvalue weighted by Gasteiger charge is 2.36. The molecular formula is C31H26O8. The summed E-state index contributed by atoms with van der Waals surface area (Å²) in [6.07, 6.45) is 3.80. The van der Waals surface area contributed by atoms with Crippen LogP contribution in [0.15, 0.2) is 60.7 Å². The predicted molar refractivity (Wildman–Crippen MR) is 138 cm³/mol. The SMILES string of the molecule is CC(C)(c1ccc(Oc2ccc3c(c2)C(=O)OC3=O)cc1)C1CCC(Oc2ccc3c(c2)C(=O)OC3=O)CC1. The largest absolute Gasteiger partial charge is 0.490 e. The second-order valence-electron chi connectivity index (χ2n) is 10.7. The van der Waals surface area contributed by atoms with Crippen LogP contribution in [0.25, 0.3) is 0 Å². The van der Waals surface area contributed by atoms with Crippen LogP contribution >= 0.6 is 0 Å². The van der Waals surface area contributed by atoms with Crippen LogP contribution in [0.4, 0.5) is 0 Å². The maximum absolute atomic E-state index is 11.8. The molecule has 3 aromatic carbocycles. The molecule has 2 aliphatic heterocycles. The summed E-state index contributed by atoms with van der Waals surface area (Å²) in [5, 5.41) is 0. The summed E-state index contributed by atoms with van der Waals surface area (Å²) in [6, 6.07) is 17.5. The van der Waals surface area contributed by atoms with Gasteiger partial charge in [0.05, 0.1) is 28.4 Å². The number of cyclic esters (lactones) is 4. The molecule has 6 rings (SSSR count). The Kier molecular flexibility index (Phi) is 5.98. The number of hydrogen-bond acceptors (Lipinski definition) is 8. The van der Waals surface area contributed by atoms with Crippen LogP contribution in [0.3, 0.4) is 0 Å². The predicted octanol–water partition coefficient (Wildman–Crippen LogP) is 6.02. The Morgan fingerprint density at radius 1 is 0.615 bits per heavy atom. The smallest absolute Gasteiger partial charge is 0.347 e. The summed E-state index contributed by atoms with van der Waals surface area (Å²) in [7, 11) is 0. The minimum atomic E-state index is -0.661. The van der Waals surface area contributed by atoms with Gasteiger partial charge in [-0.1, -0.05) is 26.0 Å². The lowest BCUT2D eigenvalue weighted by Gasteiger charge is -2.39. The fourth-order valence-corrected chi connectivity index (χ4v) is 5.68. The highest BCUT2D eigenvalue weighted by atomic mass is 16.6.